The van der Waals surface area contributed by atoms with E-state index in [-0.39, 0.29) is 107 Å². The summed E-state index contributed by atoms with van der Waals surface area (Å²) in [6, 6.07) is 54.3. The number of aliphatic hydroxyl groups excluding tert-OH is 2. The van der Waals surface area contributed by atoms with Gasteiger partial charge in [-0.2, -0.15) is 0 Å². The van der Waals surface area contributed by atoms with Gasteiger partial charge in [-0.3, -0.25) is 33.6 Å². The minimum absolute atomic E-state index is 0. The standard InChI is InChI=1S/C33H49N5O5.C16H25NO3.C16H23NO3.C16H25NO2.C12H24N2O4.C12H15NO.C11H17N.CH4O.ClH/c1-18(2)22(15-19-11-9-8-10-12-19)36-31(43)37-27(32(3,4)5)30(42)38-17-21-24(33(21,6)7)25(38)29(41)35-23(16-20-13-14-20)26(39)28(34)40;2*1-11(2)13(17-15(19)20-16(3,4)5)14(18)12-9-7-6-8-10-12;1-12(2)14(11-13-9-7-6-8-10-13)17-15(18)19-16(3,4)5;1-8(2)9(10(15)14(6)17-7)13-11(16)18-12(3,4)5;1-10(2)12(13-9-14)8-11-6-4-3-5-7-11;1-9(2)11(12)8-10-6-4-3-5-7-10;1-2;/h8-12,18,20-25,27H,13-17H2,1-7H3,(H2,34,40)(H,35,41)(H2,36,37,43);6-11,13-14,18H,1-5H3,(H,17,19);6-11,13H,1-5H3,(H,17,19);6-10,12,14H,11H2,1-5H3,(H,17,18);8-9H,1-7H3,(H,13,16);3-7,10,12H,8H2,1-2H3;3-7,9,11H,8,12H2,1-2H3;2H,1H3;1H/t21-,22+,23?,24-,25-,27+;13-,14?;13-;14-;9-;12-;11-;;/m0001011../s1. The number of amides is 10. The maximum atomic E-state index is 14.2. The third-order valence-corrected chi connectivity index (χ3v) is 24.7. The molecule has 149 heavy (non-hydrogen) atoms. The van der Waals surface area contributed by atoms with Crippen LogP contribution in [0.5, 0.6) is 0 Å². The average molecular weight is 2100 g/mol. The van der Waals surface area contributed by atoms with Crippen LogP contribution < -0.4 is 48.7 Å². The number of isocyanates is 1. The van der Waals surface area contributed by atoms with Crippen LogP contribution in [0.4, 0.5) is 24.0 Å². The number of benzene rings is 6. The number of aliphatic imine (C=N–C) groups is 1. The molecule has 3 fully saturated rings. The van der Waals surface area contributed by atoms with Crippen molar-refractivity contribution >= 4 is 84.1 Å². The Labute approximate surface area is 895 Å². The van der Waals surface area contributed by atoms with Crippen LogP contribution in [-0.2, 0) is 78.2 Å². The van der Waals surface area contributed by atoms with Gasteiger partial charge in [0, 0.05) is 44.4 Å². The number of Topliss-reactive ketones (excluding diaryl/α,β-unsaturated/α-hetero) is 2. The van der Waals surface area contributed by atoms with E-state index in [1.807, 2.05) is 227 Å². The van der Waals surface area contributed by atoms with Crippen molar-refractivity contribution in [1.82, 2.24) is 47.2 Å². The number of ether oxygens (including phenoxy) is 4. The Morgan fingerprint density at radius 3 is 1.19 bits per heavy atom. The van der Waals surface area contributed by atoms with Gasteiger partial charge in [0.05, 0.1) is 37.4 Å². The summed E-state index contributed by atoms with van der Waals surface area (Å²) in [6.07, 6.45) is 4.35. The van der Waals surface area contributed by atoms with Crippen molar-refractivity contribution in [1.29, 1.82) is 0 Å². The summed E-state index contributed by atoms with van der Waals surface area (Å²) in [5.74, 6) is -1.38. The lowest BCUT2D eigenvalue weighted by atomic mass is 9.85. The van der Waals surface area contributed by atoms with Gasteiger partial charge in [0.1, 0.15) is 40.5 Å². The van der Waals surface area contributed by atoms with Crippen LogP contribution >= 0.6 is 12.4 Å². The zero-order valence-corrected chi connectivity index (χ0v) is 96.2. The first-order valence-corrected chi connectivity index (χ1v) is 51.8. The van der Waals surface area contributed by atoms with Gasteiger partial charge in [0.2, 0.25) is 23.7 Å². The van der Waals surface area contributed by atoms with Gasteiger partial charge in [-0.15, -0.1) is 12.4 Å². The zero-order valence-electron chi connectivity index (χ0n) is 95.3. The van der Waals surface area contributed by atoms with Crippen molar-refractivity contribution in [2.45, 2.75) is 349 Å². The molecular weight excluding hydrogens is 1910 g/mol. The molecule has 832 valence electrons. The number of carbonyl (C=O) groups is 11. The lowest BCUT2D eigenvalue weighted by Gasteiger charge is -2.38. The van der Waals surface area contributed by atoms with E-state index < -0.39 is 112 Å². The highest BCUT2D eigenvalue weighted by molar-refractivity contribution is 6.38. The number of nitrogens with two attached hydrogens (primary N) is 2. The second kappa shape index (κ2) is 64.8. The fourth-order valence-corrected chi connectivity index (χ4v) is 15.8. The molecule has 1 aliphatic heterocycles. The number of likely N-dealkylation sites (tertiary alicyclic amines) is 1. The van der Waals surface area contributed by atoms with Gasteiger partial charge in [-0.1, -0.05) is 326 Å². The average Bonchev–Trinajstić information content (AvgIpc) is 1.52. The fraction of sp³-hybridized carbons (Fsp3) is 0.590. The molecule has 0 radical (unpaired) electrons. The number of piperidine rings is 1. The van der Waals surface area contributed by atoms with Crippen molar-refractivity contribution in [3.05, 3.63) is 215 Å². The number of hydrogen-bond acceptors (Lipinski definition) is 21. The van der Waals surface area contributed by atoms with Gasteiger partial charge < -0.3 is 82.7 Å². The molecule has 31 nitrogen and oxygen atoms in total. The third kappa shape index (κ3) is 52.6. The number of alkyl carbamates (subject to hydrolysis) is 4. The molecule has 6 aromatic rings. The van der Waals surface area contributed by atoms with Crippen molar-refractivity contribution in [2.24, 2.45) is 86.5 Å². The normalized spacial score (nSPS) is 16.3. The number of ketones is 2. The lowest BCUT2D eigenvalue weighted by molar-refractivity contribution is -0.172. The SMILES string of the molecule is CC(C)[C@@H](Cc1ccccc1)N=C=O.CC(C)[C@@H](Cc1ccccc1)NC(=O)N[C@H](C(=O)N1C[C@H]2[C@@H]([C@H]1C(=O)NC(CC1CC1)C(=O)C(N)=O)C2(C)C)C(C)(C)C.CC(C)[C@@H](Cc1ccccc1)NC(=O)OC(C)(C)C.CC(C)[C@H](N)Cc1ccccc1.CC(C)[C@H](NC(=O)OC(C)(C)C)C(=O)c1ccccc1.CC(C)[C@H](NC(=O)OC(C)(C)C)C(O)c1ccccc1.CO.CON(C)C(=O)[C@@H](NC(=O)OC(C)(C)C)C(C)C.Cl. The number of primary amides is 1. The predicted molar refractivity (Wildman–Crippen MR) is 593 cm³/mol. The van der Waals surface area contributed by atoms with E-state index in [0.29, 0.717) is 42.7 Å². The maximum Gasteiger partial charge on any atom is 0.408 e. The number of carbonyl (C=O) groups excluding carboxylic acids is 12. The van der Waals surface area contributed by atoms with Crippen LogP contribution in [0, 0.1) is 70.0 Å². The molecule has 9 rings (SSSR count). The molecule has 1 heterocycles. The number of hydroxylamine groups is 2. The maximum absolute atomic E-state index is 14.2. The van der Waals surface area contributed by atoms with Gasteiger partial charge in [0.25, 0.3) is 11.8 Å². The summed E-state index contributed by atoms with van der Waals surface area (Å²) in [5, 5.41) is 38.2. The molecule has 10 amide bonds. The second-order valence-electron chi connectivity index (χ2n) is 46.1. The molecule has 32 heteroatoms. The molecule has 0 spiro atoms. The van der Waals surface area contributed by atoms with E-state index in [1.165, 1.54) is 30.8 Å². The molecule has 3 aliphatic rings. The zero-order chi connectivity index (χ0) is 113. The summed E-state index contributed by atoms with van der Waals surface area (Å²) in [6.45, 7) is 60.0. The Kier molecular flexibility index (Phi) is 58.9. The number of nitrogens with one attached hydrogen (secondary N) is 7. The smallest absolute Gasteiger partial charge is 0.408 e. The highest BCUT2D eigenvalue weighted by atomic mass is 35.5. The van der Waals surface area contributed by atoms with Crippen molar-refractivity contribution in [3.8, 4) is 0 Å². The number of nitrogens with zero attached hydrogens (tertiary/aromatic N) is 3. The molecule has 6 aromatic carbocycles. The molecule has 2 unspecified atom stereocenters. The molecule has 0 aromatic heterocycles. The monoisotopic (exact) mass is 2100 g/mol. The van der Waals surface area contributed by atoms with Crippen LogP contribution in [0.2, 0.25) is 0 Å². The fourth-order valence-electron chi connectivity index (χ4n) is 15.8. The Hall–Kier alpha value is -11.6. The summed E-state index contributed by atoms with van der Waals surface area (Å²) in [7, 11) is 3.89. The first-order valence-electron chi connectivity index (χ1n) is 51.8. The number of urea groups is 1. The number of halogens is 1. The van der Waals surface area contributed by atoms with E-state index in [4.69, 9.17) is 40.4 Å². The number of hydrogen-bond donors (Lipinski definition) is 11. The number of aliphatic hydroxyl groups is 2. The first kappa shape index (κ1) is 135. The lowest BCUT2D eigenvalue weighted by Crippen LogP contribution is -2.62. The highest BCUT2D eigenvalue weighted by Crippen LogP contribution is 2.65. The van der Waals surface area contributed by atoms with E-state index >= 15 is 0 Å². The summed E-state index contributed by atoms with van der Waals surface area (Å²) >= 11 is 0. The quantitative estimate of drug-likeness (QED) is 0.00439. The van der Waals surface area contributed by atoms with Crippen LogP contribution in [-0.4, -0.2) is 202 Å². The number of fused-ring (bicyclic) bond motifs is 1. The van der Waals surface area contributed by atoms with Gasteiger partial charge in [0.15, 0.2) is 5.78 Å². The molecular formula is C117H183ClN12O19. The van der Waals surface area contributed by atoms with Gasteiger partial charge >= 0.3 is 30.4 Å². The Balaban J connectivity index is 0.000000907. The van der Waals surface area contributed by atoms with Crippen LogP contribution in [0.15, 0.2) is 187 Å². The number of rotatable bonds is 35. The molecule has 2 saturated carbocycles. The summed E-state index contributed by atoms with van der Waals surface area (Å²) < 4.78 is 20.9. The largest absolute Gasteiger partial charge is 0.444 e. The Morgan fingerprint density at radius 2 is 0.846 bits per heavy atom. The van der Waals surface area contributed by atoms with Gasteiger partial charge in [-0.25, -0.2) is 38.8 Å². The van der Waals surface area contributed by atoms with E-state index in [0.717, 1.165) is 55.4 Å². The van der Waals surface area contributed by atoms with E-state index in [1.54, 1.807) is 76.8 Å². The molecule has 13 atom stereocenters. The molecule has 1 saturated heterocycles. The van der Waals surface area contributed by atoms with Crippen molar-refractivity contribution in [3.63, 3.8) is 0 Å². The van der Waals surface area contributed by atoms with E-state index in [2.05, 4.69) is 146 Å². The minimum Gasteiger partial charge on any atom is -0.444 e. The van der Waals surface area contributed by atoms with Crippen LogP contribution in [0.3, 0.4) is 0 Å². The van der Waals surface area contributed by atoms with Crippen molar-refractivity contribution in [2.75, 3.05) is 27.8 Å². The molecule has 2 aliphatic carbocycles. The van der Waals surface area contributed by atoms with E-state index in [9.17, 15) is 62.6 Å². The summed E-state index contributed by atoms with van der Waals surface area (Å²) in [5.41, 5.74) is 14.5. The van der Waals surface area contributed by atoms with Crippen LogP contribution in [0.25, 0.3) is 0 Å². The minimum atomic E-state index is -1.08. The number of likely N-dealkylation sites (N-methyl/N-ethyl adjacent to an activating group) is 1. The Bertz CT molecular complexity index is 5010. The molecule has 0 bridgehead atoms. The first-order chi connectivity index (χ1) is 68.7. The molecule has 13 N–H and O–H groups in total. The Morgan fingerprint density at radius 1 is 0.477 bits per heavy atom. The second-order valence-corrected chi connectivity index (χ2v) is 46.1. The van der Waals surface area contributed by atoms with Gasteiger partial charge in [-0.05, 0) is 213 Å². The summed E-state index contributed by atoms with van der Waals surface area (Å²) in [4.78, 5) is 158. The highest BCUT2D eigenvalue weighted by Gasteiger charge is 2.70. The van der Waals surface area contributed by atoms with Crippen LogP contribution in [0.1, 0.15) is 278 Å². The van der Waals surface area contributed by atoms with Crippen molar-refractivity contribution < 1.29 is 91.5 Å². The third-order valence-electron chi connectivity index (χ3n) is 24.7. The topological polar surface area (TPSA) is 447 Å². The predicted octanol–water partition coefficient (Wildman–Crippen LogP) is 19.6.